The summed E-state index contributed by atoms with van der Waals surface area (Å²) in [4.78, 5) is 9.10. The molecule has 0 saturated carbocycles. The lowest BCUT2D eigenvalue weighted by molar-refractivity contribution is 0.296. The molecular weight excluding hydrogens is 340 g/mol. The lowest BCUT2D eigenvalue weighted by Gasteiger charge is -2.33. The summed E-state index contributed by atoms with van der Waals surface area (Å²) < 4.78 is 27.8. The van der Waals surface area contributed by atoms with Gasteiger partial charge in [0.05, 0.1) is 17.1 Å². The van der Waals surface area contributed by atoms with Crippen LogP contribution in [0.15, 0.2) is 12.4 Å². The third-order valence-electron chi connectivity index (χ3n) is 4.65. The highest BCUT2D eigenvalue weighted by molar-refractivity contribution is 7.86. The van der Waals surface area contributed by atoms with Crippen LogP contribution in [0.25, 0.3) is 11.3 Å². The van der Waals surface area contributed by atoms with Gasteiger partial charge >= 0.3 is 0 Å². The van der Waals surface area contributed by atoms with Crippen molar-refractivity contribution in [3.8, 4) is 11.3 Å². The van der Waals surface area contributed by atoms with Crippen LogP contribution in [0.4, 0.5) is 0 Å². The summed E-state index contributed by atoms with van der Waals surface area (Å²) in [7, 11) is -0.303. The van der Waals surface area contributed by atoms with Crippen LogP contribution in [0, 0.1) is 13.8 Å². The van der Waals surface area contributed by atoms with E-state index in [1.165, 1.54) is 8.61 Å². The molecule has 0 radical (unpaired) electrons. The number of hydrogen-bond donors (Lipinski definition) is 1. The molecule has 1 fully saturated rings. The molecule has 3 heterocycles. The normalized spacial score (nSPS) is 19.5. The Bertz CT molecular complexity index is 842. The molecule has 136 valence electrons. The van der Waals surface area contributed by atoms with E-state index in [1.807, 2.05) is 13.8 Å². The van der Waals surface area contributed by atoms with Crippen LogP contribution in [0.2, 0.25) is 0 Å². The molecule has 0 amide bonds. The lowest BCUT2D eigenvalue weighted by atomic mass is 9.92. The van der Waals surface area contributed by atoms with Crippen molar-refractivity contribution in [2.75, 3.05) is 27.2 Å². The molecule has 0 bridgehead atoms. The Morgan fingerprint density at radius 1 is 1.24 bits per heavy atom. The van der Waals surface area contributed by atoms with Gasteiger partial charge in [0.25, 0.3) is 10.2 Å². The van der Waals surface area contributed by atoms with Gasteiger partial charge in [-0.2, -0.15) is 22.1 Å². The summed E-state index contributed by atoms with van der Waals surface area (Å²) in [6.45, 7) is 4.84. The second kappa shape index (κ2) is 6.81. The van der Waals surface area contributed by atoms with Crippen molar-refractivity contribution in [2.24, 2.45) is 0 Å². The molecule has 1 saturated heterocycles. The van der Waals surface area contributed by atoms with Crippen molar-refractivity contribution in [3.63, 3.8) is 0 Å². The Morgan fingerprint density at radius 2 is 1.96 bits per heavy atom. The molecular formula is C16H24N6O2S. The van der Waals surface area contributed by atoms with E-state index in [0.717, 1.165) is 41.2 Å². The summed E-state index contributed by atoms with van der Waals surface area (Å²) in [5, 5.41) is 7.23. The monoisotopic (exact) mass is 364 g/mol. The summed E-state index contributed by atoms with van der Waals surface area (Å²) in [6.07, 6.45) is 5.03. The van der Waals surface area contributed by atoms with Crippen LogP contribution in [-0.2, 0) is 10.2 Å². The van der Waals surface area contributed by atoms with E-state index in [9.17, 15) is 8.42 Å². The molecule has 3 rings (SSSR count). The maximum atomic E-state index is 12.5. The zero-order valence-corrected chi connectivity index (χ0v) is 15.8. The molecule has 1 atom stereocenters. The Labute approximate surface area is 148 Å². The van der Waals surface area contributed by atoms with Crippen molar-refractivity contribution < 1.29 is 8.42 Å². The van der Waals surface area contributed by atoms with E-state index in [2.05, 4.69) is 20.2 Å². The maximum Gasteiger partial charge on any atom is 0.281 e. The highest BCUT2D eigenvalue weighted by Crippen LogP contribution is 2.34. The van der Waals surface area contributed by atoms with E-state index >= 15 is 0 Å². The number of piperidine rings is 1. The zero-order chi connectivity index (χ0) is 18.2. The van der Waals surface area contributed by atoms with E-state index in [0.29, 0.717) is 13.1 Å². The second-order valence-corrected chi connectivity index (χ2v) is 8.73. The third-order valence-corrected chi connectivity index (χ3v) is 6.56. The molecule has 2 aromatic rings. The Kier molecular flexibility index (Phi) is 4.90. The van der Waals surface area contributed by atoms with Crippen LogP contribution < -0.4 is 0 Å². The fraction of sp³-hybridized carbons (Fsp3) is 0.562. The molecule has 2 aromatic heterocycles. The zero-order valence-electron chi connectivity index (χ0n) is 15.0. The average Bonchev–Trinajstić information content (AvgIpc) is 2.93. The maximum absolute atomic E-state index is 12.5. The Hall–Kier alpha value is -1.84. The van der Waals surface area contributed by atoms with E-state index in [-0.39, 0.29) is 5.92 Å². The minimum Gasteiger partial charge on any atom is -0.282 e. The van der Waals surface area contributed by atoms with Gasteiger partial charge in [0.2, 0.25) is 0 Å². The fourth-order valence-corrected chi connectivity index (χ4v) is 4.54. The van der Waals surface area contributed by atoms with Crippen LogP contribution in [0.5, 0.6) is 0 Å². The standard InChI is InChI=1S/C16H24N6O2S/c1-11-14(12(2)20-19-11)16-15(17-7-8-18-16)13-6-5-9-22(10-13)25(23,24)21(3)4/h7-8,13H,5-6,9-10H2,1-4H3,(H,19,20). The number of rotatable bonds is 4. The van der Waals surface area contributed by atoms with E-state index < -0.39 is 10.2 Å². The van der Waals surface area contributed by atoms with Gasteiger partial charge in [-0.15, -0.1) is 0 Å². The molecule has 0 aromatic carbocycles. The predicted molar refractivity (Wildman–Crippen MR) is 95.2 cm³/mol. The minimum absolute atomic E-state index is 0.0147. The first-order valence-corrected chi connectivity index (χ1v) is 9.72. The highest BCUT2D eigenvalue weighted by Gasteiger charge is 2.33. The molecule has 1 N–H and O–H groups in total. The quantitative estimate of drug-likeness (QED) is 0.886. The first-order chi connectivity index (χ1) is 11.8. The van der Waals surface area contributed by atoms with Crippen molar-refractivity contribution in [1.82, 2.24) is 28.8 Å². The highest BCUT2D eigenvalue weighted by atomic mass is 32.2. The predicted octanol–water partition coefficient (Wildman–Crippen LogP) is 1.47. The molecule has 25 heavy (non-hydrogen) atoms. The number of nitrogens with one attached hydrogen (secondary N) is 1. The molecule has 9 heteroatoms. The fourth-order valence-electron chi connectivity index (χ4n) is 3.35. The first kappa shape index (κ1) is 18.0. The minimum atomic E-state index is -3.42. The van der Waals surface area contributed by atoms with Crippen molar-refractivity contribution in [3.05, 3.63) is 29.5 Å². The number of H-pyrrole nitrogens is 1. The SMILES string of the molecule is Cc1n[nH]c(C)c1-c1nccnc1C1CCCN(S(=O)(=O)N(C)C)C1. The number of nitrogens with zero attached hydrogens (tertiary/aromatic N) is 5. The van der Waals surface area contributed by atoms with Gasteiger partial charge in [-0.3, -0.25) is 15.1 Å². The summed E-state index contributed by atoms with van der Waals surface area (Å²) in [5.74, 6) is 0.0147. The van der Waals surface area contributed by atoms with Crippen LogP contribution >= 0.6 is 0 Å². The average molecular weight is 364 g/mol. The summed E-state index contributed by atoms with van der Waals surface area (Å²) in [6, 6.07) is 0. The smallest absolute Gasteiger partial charge is 0.281 e. The number of aromatic nitrogens is 4. The summed E-state index contributed by atoms with van der Waals surface area (Å²) in [5.41, 5.74) is 4.39. The number of aromatic amines is 1. The van der Waals surface area contributed by atoms with Crippen molar-refractivity contribution in [2.45, 2.75) is 32.6 Å². The molecule has 0 spiro atoms. The van der Waals surface area contributed by atoms with Gasteiger partial charge < -0.3 is 0 Å². The first-order valence-electron chi connectivity index (χ1n) is 8.32. The molecule has 1 unspecified atom stereocenters. The van der Waals surface area contributed by atoms with Crippen LogP contribution in [0.3, 0.4) is 0 Å². The van der Waals surface area contributed by atoms with Crippen LogP contribution in [-0.4, -0.2) is 64.4 Å². The van der Waals surface area contributed by atoms with Crippen molar-refractivity contribution in [1.29, 1.82) is 0 Å². The van der Waals surface area contributed by atoms with E-state index in [4.69, 9.17) is 0 Å². The largest absolute Gasteiger partial charge is 0.282 e. The van der Waals surface area contributed by atoms with Gasteiger partial charge in [-0.1, -0.05) is 0 Å². The topological polar surface area (TPSA) is 95.1 Å². The number of hydrogen-bond acceptors (Lipinski definition) is 5. The molecule has 1 aliphatic rings. The molecule has 1 aliphatic heterocycles. The summed E-state index contributed by atoms with van der Waals surface area (Å²) >= 11 is 0. The molecule has 8 nitrogen and oxygen atoms in total. The van der Waals surface area contributed by atoms with Gasteiger partial charge in [0.15, 0.2) is 0 Å². The van der Waals surface area contributed by atoms with Gasteiger partial charge in [0.1, 0.15) is 0 Å². The van der Waals surface area contributed by atoms with Gasteiger partial charge in [-0.05, 0) is 26.7 Å². The second-order valence-electron chi connectivity index (χ2n) is 6.59. The third kappa shape index (κ3) is 3.31. The Morgan fingerprint density at radius 3 is 2.60 bits per heavy atom. The van der Waals surface area contributed by atoms with Crippen molar-refractivity contribution >= 4 is 10.2 Å². The Balaban J connectivity index is 1.98. The lowest BCUT2D eigenvalue weighted by Crippen LogP contribution is -2.45. The van der Waals surface area contributed by atoms with Gasteiger partial charge in [-0.25, -0.2) is 0 Å². The van der Waals surface area contributed by atoms with Gasteiger partial charge in [0, 0.05) is 56.8 Å². The van der Waals surface area contributed by atoms with Crippen LogP contribution in [0.1, 0.15) is 35.8 Å². The van der Waals surface area contributed by atoms with E-state index in [1.54, 1.807) is 26.5 Å². The number of aryl methyl sites for hydroxylation is 2. The molecule has 0 aliphatic carbocycles.